The fraction of sp³-hybridized carbons (Fsp3) is 0.375. The molecule has 0 unspecified atom stereocenters. The molecule has 0 radical (unpaired) electrons. The van der Waals surface area contributed by atoms with Gasteiger partial charge in [0.2, 0.25) is 5.88 Å². The van der Waals surface area contributed by atoms with Crippen molar-refractivity contribution in [2.45, 2.75) is 39.7 Å². The average Bonchev–Trinajstić information content (AvgIpc) is 2.40. The van der Waals surface area contributed by atoms with Crippen LogP contribution in [0.2, 0.25) is 0 Å². The molecule has 0 aliphatic rings. The fourth-order valence-electron chi connectivity index (χ4n) is 1.97. The number of ether oxygens (including phenoxy) is 1. The van der Waals surface area contributed by atoms with Crippen LogP contribution in [0.1, 0.15) is 37.6 Å². The SMILES string of the molecule is Cc1ccc(Oc2cncc(CN)n2)c(C(C)(C)C)c1. The molecule has 1 heterocycles. The Hall–Kier alpha value is -1.94. The molecule has 0 atom stereocenters. The van der Waals surface area contributed by atoms with Gasteiger partial charge in [-0.3, -0.25) is 4.98 Å². The number of aryl methyl sites for hydroxylation is 1. The van der Waals surface area contributed by atoms with Crippen LogP contribution in [0.4, 0.5) is 0 Å². The lowest BCUT2D eigenvalue weighted by Gasteiger charge is -2.23. The Kier molecular flexibility index (Phi) is 4.04. The summed E-state index contributed by atoms with van der Waals surface area (Å²) in [7, 11) is 0. The third kappa shape index (κ3) is 3.33. The van der Waals surface area contributed by atoms with Crippen molar-refractivity contribution in [1.29, 1.82) is 0 Å². The van der Waals surface area contributed by atoms with E-state index in [2.05, 4.69) is 43.7 Å². The number of hydrogen-bond acceptors (Lipinski definition) is 4. The van der Waals surface area contributed by atoms with Crippen LogP contribution >= 0.6 is 0 Å². The normalized spacial score (nSPS) is 11.4. The predicted octanol–water partition coefficient (Wildman–Crippen LogP) is 3.33. The summed E-state index contributed by atoms with van der Waals surface area (Å²) in [6.07, 6.45) is 3.25. The molecule has 2 aromatic rings. The summed E-state index contributed by atoms with van der Waals surface area (Å²) in [6.45, 7) is 8.92. The number of benzene rings is 1. The standard InChI is InChI=1S/C16H21N3O/c1-11-5-6-14(13(7-11)16(2,3)4)20-15-10-18-9-12(8-17)19-15/h5-7,9-10H,8,17H2,1-4H3. The van der Waals surface area contributed by atoms with Gasteiger partial charge in [0.25, 0.3) is 0 Å². The highest BCUT2D eigenvalue weighted by atomic mass is 16.5. The molecular weight excluding hydrogens is 250 g/mol. The number of nitrogens with zero attached hydrogens (tertiary/aromatic N) is 2. The lowest BCUT2D eigenvalue weighted by Crippen LogP contribution is -2.13. The summed E-state index contributed by atoms with van der Waals surface area (Å²) < 4.78 is 5.90. The molecule has 1 aromatic heterocycles. The predicted molar refractivity (Wildman–Crippen MR) is 79.9 cm³/mol. The van der Waals surface area contributed by atoms with Crippen LogP contribution in [0.3, 0.4) is 0 Å². The molecule has 2 N–H and O–H groups in total. The summed E-state index contributed by atoms with van der Waals surface area (Å²) >= 11 is 0. The van der Waals surface area contributed by atoms with Gasteiger partial charge in [-0.2, -0.15) is 0 Å². The Bertz CT molecular complexity index is 603. The first-order valence-electron chi connectivity index (χ1n) is 6.70. The minimum absolute atomic E-state index is 0.000258. The van der Waals surface area contributed by atoms with Gasteiger partial charge < -0.3 is 10.5 Å². The van der Waals surface area contributed by atoms with E-state index in [1.807, 2.05) is 12.1 Å². The molecule has 0 fully saturated rings. The molecule has 20 heavy (non-hydrogen) atoms. The molecule has 4 heteroatoms. The monoisotopic (exact) mass is 271 g/mol. The zero-order chi connectivity index (χ0) is 14.8. The lowest BCUT2D eigenvalue weighted by molar-refractivity contribution is 0.435. The third-order valence-corrected chi connectivity index (χ3v) is 3.03. The molecule has 0 saturated carbocycles. The second kappa shape index (κ2) is 5.59. The van der Waals surface area contributed by atoms with Gasteiger partial charge in [0, 0.05) is 18.3 Å². The molecule has 0 spiro atoms. The van der Waals surface area contributed by atoms with E-state index in [9.17, 15) is 0 Å². The molecular formula is C16H21N3O. The fourth-order valence-corrected chi connectivity index (χ4v) is 1.97. The van der Waals surface area contributed by atoms with Gasteiger partial charge in [-0.1, -0.05) is 38.5 Å². The van der Waals surface area contributed by atoms with Gasteiger partial charge in [-0.25, -0.2) is 4.98 Å². The van der Waals surface area contributed by atoms with Crippen molar-refractivity contribution in [3.05, 3.63) is 47.4 Å². The van der Waals surface area contributed by atoms with Crippen LogP contribution in [0.15, 0.2) is 30.6 Å². The van der Waals surface area contributed by atoms with Crippen molar-refractivity contribution in [3.63, 3.8) is 0 Å². The van der Waals surface area contributed by atoms with Crippen molar-refractivity contribution < 1.29 is 4.74 Å². The number of aromatic nitrogens is 2. The van der Waals surface area contributed by atoms with E-state index < -0.39 is 0 Å². The zero-order valence-corrected chi connectivity index (χ0v) is 12.5. The largest absolute Gasteiger partial charge is 0.437 e. The topological polar surface area (TPSA) is 61.0 Å². The molecule has 106 valence electrons. The highest BCUT2D eigenvalue weighted by Crippen LogP contribution is 2.34. The lowest BCUT2D eigenvalue weighted by atomic mass is 9.85. The smallest absolute Gasteiger partial charge is 0.238 e. The van der Waals surface area contributed by atoms with E-state index in [1.165, 1.54) is 5.56 Å². The van der Waals surface area contributed by atoms with E-state index in [4.69, 9.17) is 10.5 Å². The van der Waals surface area contributed by atoms with Crippen LogP contribution in [0.25, 0.3) is 0 Å². The van der Waals surface area contributed by atoms with Gasteiger partial charge in [0.15, 0.2) is 0 Å². The maximum Gasteiger partial charge on any atom is 0.238 e. The van der Waals surface area contributed by atoms with Crippen molar-refractivity contribution in [3.8, 4) is 11.6 Å². The first-order chi connectivity index (χ1) is 9.40. The number of hydrogen-bond donors (Lipinski definition) is 1. The maximum absolute atomic E-state index is 5.90. The number of rotatable bonds is 3. The minimum atomic E-state index is 0.000258. The van der Waals surface area contributed by atoms with Crippen LogP contribution in [0, 0.1) is 6.92 Å². The molecule has 1 aromatic carbocycles. The van der Waals surface area contributed by atoms with Crippen LogP contribution in [0.5, 0.6) is 11.6 Å². The molecule has 0 saturated heterocycles. The molecule has 0 amide bonds. The Morgan fingerprint density at radius 2 is 1.95 bits per heavy atom. The van der Waals surface area contributed by atoms with E-state index in [-0.39, 0.29) is 5.41 Å². The molecule has 0 aliphatic heterocycles. The second-order valence-electron chi connectivity index (χ2n) is 5.90. The third-order valence-electron chi connectivity index (χ3n) is 3.03. The highest BCUT2D eigenvalue weighted by Gasteiger charge is 2.19. The summed E-state index contributed by atoms with van der Waals surface area (Å²) in [6, 6.07) is 6.16. The first kappa shape index (κ1) is 14.5. The highest BCUT2D eigenvalue weighted by molar-refractivity contribution is 5.42. The van der Waals surface area contributed by atoms with E-state index in [0.29, 0.717) is 18.1 Å². The van der Waals surface area contributed by atoms with Gasteiger partial charge in [-0.05, 0) is 18.4 Å². The molecule has 0 aliphatic carbocycles. The van der Waals surface area contributed by atoms with Gasteiger partial charge in [0.05, 0.1) is 11.9 Å². The molecule has 2 rings (SSSR count). The Labute approximate surface area is 120 Å². The van der Waals surface area contributed by atoms with Crippen molar-refractivity contribution in [1.82, 2.24) is 9.97 Å². The van der Waals surface area contributed by atoms with Gasteiger partial charge >= 0.3 is 0 Å². The quantitative estimate of drug-likeness (QED) is 0.930. The summed E-state index contributed by atoms with van der Waals surface area (Å²) in [4.78, 5) is 8.42. The van der Waals surface area contributed by atoms with Crippen LogP contribution in [-0.4, -0.2) is 9.97 Å². The van der Waals surface area contributed by atoms with E-state index in [0.717, 1.165) is 11.3 Å². The first-order valence-corrected chi connectivity index (χ1v) is 6.70. The van der Waals surface area contributed by atoms with E-state index >= 15 is 0 Å². The van der Waals surface area contributed by atoms with Crippen LogP contribution < -0.4 is 10.5 Å². The minimum Gasteiger partial charge on any atom is -0.437 e. The average molecular weight is 271 g/mol. The Morgan fingerprint density at radius 1 is 1.20 bits per heavy atom. The molecule has 4 nitrogen and oxygen atoms in total. The zero-order valence-electron chi connectivity index (χ0n) is 12.5. The summed E-state index contributed by atoms with van der Waals surface area (Å²) in [5.74, 6) is 1.29. The van der Waals surface area contributed by atoms with Crippen LogP contribution in [-0.2, 0) is 12.0 Å². The van der Waals surface area contributed by atoms with Crippen molar-refractivity contribution in [2.75, 3.05) is 0 Å². The Balaban J connectivity index is 2.38. The summed E-state index contributed by atoms with van der Waals surface area (Å²) in [5.41, 5.74) is 8.65. The number of nitrogens with two attached hydrogens (primary N) is 1. The van der Waals surface area contributed by atoms with Gasteiger partial charge in [0.1, 0.15) is 5.75 Å². The summed E-state index contributed by atoms with van der Waals surface area (Å²) in [5, 5.41) is 0. The Morgan fingerprint density at radius 3 is 2.60 bits per heavy atom. The van der Waals surface area contributed by atoms with Gasteiger partial charge in [-0.15, -0.1) is 0 Å². The van der Waals surface area contributed by atoms with Crippen molar-refractivity contribution >= 4 is 0 Å². The maximum atomic E-state index is 5.90. The second-order valence-corrected chi connectivity index (χ2v) is 5.90. The van der Waals surface area contributed by atoms with Crippen molar-refractivity contribution in [2.24, 2.45) is 5.73 Å². The molecule has 0 bridgehead atoms. The van der Waals surface area contributed by atoms with E-state index in [1.54, 1.807) is 12.4 Å².